The van der Waals surface area contributed by atoms with Crippen LogP contribution in [0, 0.1) is 0 Å². The zero-order valence-electron chi connectivity index (χ0n) is 10.6. The summed E-state index contributed by atoms with van der Waals surface area (Å²) in [5.74, 6) is 0. The van der Waals surface area contributed by atoms with E-state index in [4.69, 9.17) is 4.74 Å². The Balaban J connectivity index is 2.39. The number of likely N-dealkylation sites (tertiary alicyclic amines) is 1. The molecule has 0 unspecified atom stereocenters. The average molecular weight is 230 g/mol. The third kappa shape index (κ3) is 3.98. The SMILES string of the molecule is CN(O)C1CCN(C(=O)OC(C)(C)C)CC1. The van der Waals surface area contributed by atoms with Crippen molar-refractivity contribution in [1.29, 1.82) is 0 Å². The molecule has 0 aromatic carbocycles. The van der Waals surface area contributed by atoms with Crippen LogP contribution < -0.4 is 0 Å². The molecule has 5 nitrogen and oxygen atoms in total. The summed E-state index contributed by atoms with van der Waals surface area (Å²) in [6.45, 7) is 6.87. The van der Waals surface area contributed by atoms with E-state index in [1.54, 1.807) is 11.9 Å². The Labute approximate surface area is 96.9 Å². The molecule has 1 N–H and O–H groups in total. The fraction of sp³-hybridized carbons (Fsp3) is 0.909. The van der Waals surface area contributed by atoms with Gasteiger partial charge in [-0.05, 0) is 33.6 Å². The minimum absolute atomic E-state index is 0.152. The normalized spacial score (nSPS) is 19.0. The molecule has 0 aliphatic carbocycles. The minimum Gasteiger partial charge on any atom is -0.444 e. The quantitative estimate of drug-likeness (QED) is 0.697. The topological polar surface area (TPSA) is 53.0 Å². The second-order valence-electron chi connectivity index (χ2n) is 5.27. The first-order valence-corrected chi connectivity index (χ1v) is 5.69. The van der Waals surface area contributed by atoms with Crippen molar-refractivity contribution in [2.45, 2.75) is 45.3 Å². The summed E-state index contributed by atoms with van der Waals surface area (Å²) in [6, 6.07) is 0.152. The highest BCUT2D eigenvalue weighted by molar-refractivity contribution is 5.68. The molecule has 0 radical (unpaired) electrons. The van der Waals surface area contributed by atoms with Gasteiger partial charge in [0.25, 0.3) is 0 Å². The second kappa shape index (κ2) is 5.01. The van der Waals surface area contributed by atoms with Gasteiger partial charge in [-0.2, -0.15) is 5.06 Å². The van der Waals surface area contributed by atoms with Crippen LogP contribution in [0.15, 0.2) is 0 Å². The van der Waals surface area contributed by atoms with Crippen LogP contribution in [0.2, 0.25) is 0 Å². The predicted octanol–water partition coefficient (Wildman–Crippen LogP) is 1.71. The third-order valence-corrected chi connectivity index (χ3v) is 2.64. The van der Waals surface area contributed by atoms with E-state index in [-0.39, 0.29) is 12.1 Å². The van der Waals surface area contributed by atoms with Gasteiger partial charge in [0.15, 0.2) is 0 Å². The smallest absolute Gasteiger partial charge is 0.410 e. The fourth-order valence-electron chi connectivity index (χ4n) is 1.75. The zero-order valence-corrected chi connectivity index (χ0v) is 10.6. The molecule has 1 fully saturated rings. The van der Waals surface area contributed by atoms with Crippen LogP contribution in [-0.4, -0.2) is 53.0 Å². The Morgan fingerprint density at radius 3 is 2.25 bits per heavy atom. The lowest BCUT2D eigenvalue weighted by Crippen LogP contribution is -2.46. The molecule has 0 aromatic rings. The summed E-state index contributed by atoms with van der Waals surface area (Å²) in [5.41, 5.74) is -0.443. The molecular weight excluding hydrogens is 208 g/mol. The van der Waals surface area contributed by atoms with Crippen LogP contribution in [-0.2, 0) is 4.74 Å². The summed E-state index contributed by atoms with van der Waals surface area (Å²) < 4.78 is 5.28. The summed E-state index contributed by atoms with van der Waals surface area (Å²) in [4.78, 5) is 13.4. The number of amides is 1. The summed E-state index contributed by atoms with van der Waals surface area (Å²) in [6.07, 6.45) is 1.31. The number of hydrogen-bond acceptors (Lipinski definition) is 4. The number of ether oxygens (including phenoxy) is 1. The molecule has 1 saturated heterocycles. The van der Waals surface area contributed by atoms with Gasteiger partial charge in [0.1, 0.15) is 5.60 Å². The molecule has 0 aromatic heterocycles. The Morgan fingerprint density at radius 1 is 1.38 bits per heavy atom. The zero-order chi connectivity index (χ0) is 12.3. The fourth-order valence-corrected chi connectivity index (χ4v) is 1.75. The maximum atomic E-state index is 11.7. The Hall–Kier alpha value is -0.810. The maximum absolute atomic E-state index is 11.7. The first-order chi connectivity index (χ1) is 7.29. The third-order valence-electron chi connectivity index (χ3n) is 2.64. The van der Waals surface area contributed by atoms with Crippen LogP contribution >= 0.6 is 0 Å². The lowest BCUT2D eigenvalue weighted by atomic mass is 10.1. The number of rotatable bonds is 1. The first kappa shape index (κ1) is 13.3. The van der Waals surface area contributed by atoms with Gasteiger partial charge in [-0.25, -0.2) is 4.79 Å². The van der Waals surface area contributed by atoms with Crippen LogP contribution in [0.4, 0.5) is 4.79 Å². The highest BCUT2D eigenvalue weighted by Crippen LogP contribution is 2.17. The molecule has 0 saturated carbocycles. The van der Waals surface area contributed by atoms with Crippen molar-refractivity contribution >= 4 is 6.09 Å². The highest BCUT2D eigenvalue weighted by Gasteiger charge is 2.27. The standard InChI is InChI=1S/C11H22N2O3/c1-11(2,3)16-10(14)13-7-5-9(6-8-13)12(4)15/h9,15H,5-8H2,1-4H3. The van der Waals surface area contributed by atoms with Crippen LogP contribution in [0.1, 0.15) is 33.6 Å². The van der Waals surface area contributed by atoms with Crippen molar-refractivity contribution in [3.63, 3.8) is 0 Å². The van der Waals surface area contributed by atoms with E-state index in [1.165, 1.54) is 5.06 Å². The monoisotopic (exact) mass is 230 g/mol. The van der Waals surface area contributed by atoms with Gasteiger partial charge in [0.05, 0.1) is 0 Å². The first-order valence-electron chi connectivity index (χ1n) is 5.69. The lowest BCUT2D eigenvalue weighted by Gasteiger charge is -2.35. The Morgan fingerprint density at radius 2 is 1.88 bits per heavy atom. The summed E-state index contributed by atoms with van der Waals surface area (Å²) in [5, 5.41) is 10.5. The van der Waals surface area contributed by atoms with Gasteiger partial charge in [-0.15, -0.1) is 0 Å². The number of carbonyl (C=O) groups is 1. The molecule has 5 heteroatoms. The van der Waals surface area contributed by atoms with E-state index in [9.17, 15) is 10.0 Å². The lowest BCUT2D eigenvalue weighted by molar-refractivity contribution is -0.116. The number of hydrogen-bond donors (Lipinski definition) is 1. The van der Waals surface area contributed by atoms with Crippen LogP contribution in [0.5, 0.6) is 0 Å². The van der Waals surface area contributed by atoms with Gasteiger partial charge in [0, 0.05) is 26.2 Å². The Kier molecular flexibility index (Phi) is 4.15. The van der Waals surface area contributed by atoms with Crippen LogP contribution in [0.25, 0.3) is 0 Å². The maximum Gasteiger partial charge on any atom is 0.410 e. The second-order valence-corrected chi connectivity index (χ2v) is 5.27. The molecule has 0 bridgehead atoms. The van der Waals surface area contributed by atoms with Gasteiger partial charge >= 0.3 is 6.09 Å². The molecule has 1 heterocycles. The number of carbonyl (C=O) groups excluding carboxylic acids is 1. The van der Waals surface area contributed by atoms with Crippen molar-refractivity contribution in [2.24, 2.45) is 0 Å². The van der Waals surface area contributed by atoms with Gasteiger partial charge in [0.2, 0.25) is 0 Å². The molecule has 1 rings (SSSR count). The molecule has 16 heavy (non-hydrogen) atoms. The minimum atomic E-state index is -0.443. The van der Waals surface area contributed by atoms with E-state index in [2.05, 4.69) is 0 Å². The van der Waals surface area contributed by atoms with E-state index in [1.807, 2.05) is 20.8 Å². The van der Waals surface area contributed by atoms with Gasteiger partial charge < -0.3 is 14.8 Å². The molecule has 0 spiro atoms. The molecule has 1 aliphatic rings. The molecular formula is C11H22N2O3. The summed E-state index contributed by atoms with van der Waals surface area (Å²) >= 11 is 0. The van der Waals surface area contributed by atoms with Gasteiger partial charge in [-0.3, -0.25) is 0 Å². The summed E-state index contributed by atoms with van der Waals surface area (Å²) in [7, 11) is 1.65. The number of nitrogens with zero attached hydrogens (tertiary/aromatic N) is 2. The van der Waals surface area contributed by atoms with E-state index >= 15 is 0 Å². The van der Waals surface area contributed by atoms with E-state index < -0.39 is 5.60 Å². The van der Waals surface area contributed by atoms with Gasteiger partial charge in [-0.1, -0.05) is 0 Å². The predicted molar refractivity (Wildman–Crippen MR) is 60.4 cm³/mol. The highest BCUT2D eigenvalue weighted by atomic mass is 16.6. The molecule has 1 aliphatic heterocycles. The van der Waals surface area contributed by atoms with E-state index in [0.717, 1.165) is 12.8 Å². The molecule has 94 valence electrons. The van der Waals surface area contributed by atoms with Crippen molar-refractivity contribution in [3.8, 4) is 0 Å². The molecule has 1 amide bonds. The Bertz CT molecular complexity index is 240. The van der Waals surface area contributed by atoms with Crippen molar-refractivity contribution in [3.05, 3.63) is 0 Å². The average Bonchev–Trinajstić information content (AvgIpc) is 2.15. The van der Waals surface area contributed by atoms with Crippen molar-refractivity contribution in [2.75, 3.05) is 20.1 Å². The largest absolute Gasteiger partial charge is 0.444 e. The van der Waals surface area contributed by atoms with Crippen molar-refractivity contribution < 1.29 is 14.7 Å². The van der Waals surface area contributed by atoms with E-state index in [0.29, 0.717) is 13.1 Å². The molecule has 0 atom stereocenters. The number of hydroxylamine groups is 2. The number of piperidine rings is 1. The van der Waals surface area contributed by atoms with Crippen LogP contribution in [0.3, 0.4) is 0 Å². The van der Waals surface area contributed by atoms with Crippen molar-refractivity contribution in [1.82, 2.24) is 9.96 Å².